The fourth-order valence-electron chi connectivity index (χ4n) is 2.77. The zero-order valence-corrected chi connectivity index (χ0v) is 14.7. The number of methoxy groups -OCH3 is 1. The van der Waals surface area contributed by atoms with E-state index in [2.05, 4.69) is 6.58 Å². The van der Waals surface area contributed by atoms with Gasteiger partial charge in [-0.2, -0.15) is 0 Å². The fraction of sp³-hybridized carbons (Fsp3) is 0.556. The molecule has 7 nitrogen and oxygen atoms in total. The lowest BCUT2D eigenvalue weighted by Crippen LogP contribution is -2.45. The number of amides is 2. The first-order chi connectivity index (χ1) is 12.1. The summed E-state index contributed by atoms with van der Waals surface area (Å²) in [7, 11) is 1.45. The number of carbonyl (C=O) groups is 2. The summed E-state index contributed by atoms with van der Waals surface area (Å²) in [4.78, 5) is 28.0. The van der Waals surface area contributed by atoms with Crippen LogP contribution < -0.4 is 0 Å². The first kappa shape index (κ1) is 19.2. The van der Waals surface area contributed by atoms with Gasteiger partial charge >= 0.3 is 0 Å². The van der Waals surface area contributed by atoms with Crippen molar-refractivity contribution >= 4 is 11.8 Å². The molecule has 2 heterocycles. The molecule has 1 aliphatic rings. The highest BCUT2D eigenvalue weighted by molar-refractivity contribution is 5.85. The molecule has 1 aromatic rings. The Morgan fingerprint density at radius 3 is 2.84 bits per heavy atom. The summed E-state index contributed by atoms with van der Waals surface area (Å²) in [6, 6.07) is 3.61. The Morgan fingerprint density at radius 1 is 1.40 bits per heavy atom. The smallest absolute Gasteiger partial charge is 0.249 e. The van der Waals surface area contributed by atoms with Crippen molar-refractivity contribution in [3.05, 3.63) is 36.8 Å². The minimum absolute atomic E-state index is 0.0261. The predicted octanol–water partition coefficient (Wildman–Crippen LogP) is 1.45. The zero-order chi connectivity index (χ0) is 18.1. The summed E-state index contributed by atoms with van der Waals surface area (Å²) in [6.45, 7) is 5.41. The Morgan fingerprint density at radius 2 is 2.24 bits per heavy atom. The zero-order valence-electron chi connectivity index (χ0n) is 14.7. The van der Waals surface area contributed by atoms with Crippen molar-refractivity contribution in [2.45, 2.75) is 25.5 Å². The standard InChI is InChI=1S/C18H26N2O5/c1-3-8-19(18(22)14-23-2)13-17(21)20(11-15-6-4-9-24-15)12-16-7-5-10-25-16/h3-4,6,9,16H,1,5,7-8,10-14H2,2H3/t16-/m1/s1. The summed E-state index contributed by atoms with van der Waals surface area (Å²) in [5, 5.41) is 0. The normalized spacial score (nSPS) is 16.6. The van der Waals surface area contributed by atoms with Crippen LogP contribution in [0, 0.1) is 0 Å². The van der Waals surface area contributed by atoms with Gasteiger partial charge in [0.05, 0.1) is 18.9 Å². The molecule has 2 rings (SSSR count). The number of rotatable bonds is 10. The first-order valence-electron chi connectivity index (χ1n) is 8.43. The Balaban J connectivity index is 2.03. The van der Waals surface area contributed by atoms with Crippen molar-refractivity contribution in [3.63, 3.8) is 0 Å². The SMILES string of the molecule is C=CCN(CC(=O)N(Cc1ccco1)C[C@H]1CCCO1)C(=O)COC. The molecule has 7 heteroatoms. The molecule has 1 saturated heterocycles. The van der Waals surface area contributed by atoms with Crippen molar-refractivity contribution in [1.82, 2.24) is 9.80 Å². The summed E-state index contributed by atoms with van der Waals surface area (Å²) < 4.78 is 15.9. The van der Waals surface area contributed by atoms with Gasteiger partial charge in [-0.05, 0) is 25.0 Å². The molecule has 1 aromatic heterocycles. The minimum Gasteiger partial charge on any atom is -0.467 e. The number of nitrogens with zero attached hydrogens (tertiary/aromatic N) is 2. The summed E-state index contributed by atoms with van der Waals surface area (Å²) in [5.41, 5.74) is 0. The Labute approximate surface area is 148 Å². The van der Waals surface area contributed by atoms with Crippen LogP contribution in [0.3, 0.4) is 0 Å². The van der Waals surface area contributed by atoms with E-state index in [1.54, 1.807) is 23.3 Å². The molecule has 0 aliphatic carbocycles. The molecule has 0 unspecified atom stereocenters. The van der Waals surface area contributed by atoms with Gasteiger partial charge in [-0.3, -0.25) is 9.59 Å². The molecule has 138 valence electrons. The second-order valence-corrected chi connectivity index (χ2v) is 5.98. The van der Waals surface area contributed by atoms with Crippen LogP contribution in [-0.4, -0.2) is 67.7 Å². The quantitative estimate of drug-likeness (QED) is 0.597. The second-order valence-electron chi connectivity index (χ2n) is 5.98. The van der Waals surface area contributed by atoms with Crippen molar-refractivity contribution in [3.8, 4) is 0 Å². The van der Waals surface area contributed by atoms with Crippen LogP contribution in [0.1, 0.15) is 18.6 Å². The van der Waals surface area contributed by atoms with Crippen LogP contribution in [-0.2, 0) is 25.6 Å². The van der Waals surface area contributed by atoms with Gasteiger partial charge in [0.15, 0.2) is 0 Å². The van der Waals surface area contributed by atoms with Crippen LogP contribution in [0.15, 0.2) is 35.5 Å². The molecule has 2 amide bonds. The van der Waals surface area contributed by atoms with Crippen LogP contribution in [0.2, 0.25) is 0 Å². The number of hydrogen-bond donors (Lipinski definition) is 0. The van der Waals surface area contributed by atoms with Crippen molar-refractivity contribution < 1.29 is 23.5 Å². The lowest BCUT2D eigenvalue weighted by Gasteiger charge is -2.28. The van der Waals surface area contributed by atoms with Crippen LogP contribution in [0.4, 0.5) is 0 Å². The molecule has 0 bridgehead atoms. The molecule has 0 spiro atoms. The Hall–Kier alpha value is -2.12. The van der Waals surface area contributed by atoms with Gasteiger partial charge in [0.25, 0.3) is 0 Å². The van der Waals surface area contributed by atoms with E-state index in [0.29, 0.717) is 25.4 Å². The molecule has 0 aromatic carbocycles. The lowest BCUT2D eigenvalue weighted by molar-refractivity contribution is -0.143. The van der Waals surface area contributed by atoms with E-state index in [4.69, 9.17) is 13.9 Å². The Kier molecular flexibility index (Phi) is 7.69. The third-order valence-corrected chi connectivity index (χ3v) is 4.02. The van der Waals surface area contributed by atoms with Crippen LogP contribution >= 0.6 is 0 Å². The topological polar surface area (TPSA) is 72.2 Å². The largest absolute Gasteiger partial charge is 0.467 e. The van der Waals surface area contributed by atoms with Gasteiger partial charge in [0.1, 0.15) is 18.9 Å². The van der Waals surface area contributed by atoms with Crippen LogP contribution in [0.25, 0.3) is 0 Å². The van der Waals surface area contributed by atoms with E-state index < -0.39 is 0 Å². The van der Waals surface area contributed by atoms with Gasteiger partial charge in [0, 0.05) is 26.8 Å². The number of furan rings is 1. The van der Waals surface area contributed by atoms with Gasteiger partial charge in [-0.15, -0.1) is 6.58 Å². The van der Waals surface area contributed by atoms with Crippen LogP contribution in [0.5, 0.6) is 0 Å². The third kappa shape index (κ3) is 6.03. The highest BCUT2D eigenvalue weighted by Crippen LogP contribution is 2.16. The first-order valence-corrected chi connectivity index (χ1v) is 8.43. The van der Waals surface area contributed by atoms with E-state index in [-0.39, 0.29) is 31.1 Å². The maximum absolute atomic E-state index is 12.8. The molecule has 0 N–H and O–H groups in total. The van der Waals surface area contributed by atoms with Gasteiger partial charge in [-0.25, -0.2) is 0 Å². The van der Waals surface area contributed by atoms with E-state index in [1.165, 1.54) is 12.0 Å². The summed E-state index contributed by atoms with van der Waals surface area (Å²) in [6.07, 6.45) is 5.14. The van der Waals surface area contributed by atoms with E-state index >= 15 is 0 Å². The molecular weight excluding hydrogens is 324 g/mol. The molecule has 1 aliphatic heterocycles. The second kappa shape index (κ2) is 10.0. The summed E-state index contributed by atoms with van der Waals surface area (Å²) >= 11 is 0. The maximum Gasteiger partial charge on any atom is 0.249 e. The number of carbonyl (C=O) groups excluding carboxylic acids is 2. The number of hydrogen-bond acceptors (Lipinski definition) is 5. The minimum atomic E-state index is -0.245. The third-order valence-electron chi connectivity index (χ3n) is 4.02. The van der Waals surface area contributed by atoms with Gasteiger partial charge in [-0.1, -0.05) is 6.08 Å². The predicted molar refractivity (Wildman–Crippen MR) is 91.8 cm³/mol. The molecule has 25 heavy (non-hydrogen) atoms. The summed E-state index contributed by atoms with van der Waals surface area (Å²) in [5.74, 6) is 0.300. The molecule has 0 radical (unpaired) electrons. The molecule has 1 fully saturated rings. The maximum atomic E-state index is 12.8. The van der Waals surface area contributed by atoms with E-state index in [0.717, 1.165) is 19.4 Å². The molecule has 1 atom stereocenters. The van der Waals surface area contributed by atoms with Crippen molar-refractivity contribution in [2.75, 3.05) is 40.0 Å². The molecule has 0 saturated carbocycles. The number of ether oxygens (including phenoxy) is 2. The van der Waals surface area contributed by atoms with Gasteiger partial charge in [0.2, 0.25) is 11.8 Å². The average molecular weight is 350 g/mol. The lowest BCUT2D eigenvalue weighted by atomic mass is 10.2. The van der Waals surface area contributed by atoms with Crippen molar-refractivity contribution in [1.29, 1.82) is 0 Å². The van der Waals surface area contributed by atoms with Gasteiger partial charge < -0.3 is 23.7 Å². The fourth-order valence-corrected chi connectivity index (χ4v) is 2.77. The Bertz CT molecular complexity index is 552. The van der Waals surface area contributed by atoms with E-state index in [1.807, 2.05) is 6.07 Å². The van der Waals surface area contributed by atoms with Crippen molar-refractivity contribution in [2.24, 2.45) is 0 Å². The molecular formula is C18H26N2O5. The average Bonchev–Trinajstić information content (AvgIpc) is 3.28. The van der Waals surface area contributed by atoms with E-state index in [9.17, 15) is 9.59 Å². The monoisotopic (exact) mass is 350 g/mol. The highest BCUT2D eigenvalue weighted by Gasteiger charge is 2.25. The highest BCUT2D eigenvalue weighted by atomic mass is 16.5.